The first kappa shape index (κ1) is 21.4. The molecule has 1 aliphatic heterocycles. The number of hydrogen-bond acceptors (Lipinski definition) is 5. The number of halogens is 1. The largest absolute Gasteiger partial charge is 0.479 e. The number of piperazine rings is 1. The van der Waals surface area contributed by atoms with Crippen molar-refractivity contribution in [2.75, 3.05) is 43.5 Å². The Balaban J connectivity index is 1.36. The van der Waals surface area contributed by atoms with Gasteiger partial charge in [0.25, 0.3) is 11.8 Å². The summed E-state index contributed by atoms with van der Waals surface area (Å²) in [6.07, 6.45) is 1.58. The van der Waals surface area contributed by atoms with Gasteiger partial charge in [0.05, 0.1) is 12.8 Å². The normalized spacial score (nSPS) is 13.7. The quantitative estimate of drug-likeness (QED) is 0.664. The van der Waals surface area contributed by atoms with Crippen LogP contribution in [0.1, 0.15) is 20.7 Å². The lowest BCUT2D eigenvalue weighted by molar-refractivity contribution is 0.0746. The van der Waals surface area contributed by atoms with Crippen molar-refractivity contribution >= 4 is 23.2 Å². The van der Waals surface area contributed by atoms with E-state index in [9.17, 15) is 14.0 Å². The first-order chi connectivity index (χ1) is 15.5. The van der Waals surface area contributed by atoms with Crippen molar-refractivity contribution in [3.8, 4) is 5.88 Å². The van der Waals surface area contributed by atoms with Crippen molar-refractivity contribution in [1.29, 1.82) is 0 Å². The highest BCUT2D eigenvalue weighted by molar-refractivity contribution is 6.06. The molecule has 166 valence electrons. The van der Waals surface area contributed by atoms with Gasteiger partial charge in [-0.25, -0.2) is 4.39 Å². The maximum absolute atomic E-state index is 14.0. The Kier molecular flexibility index (Phi) is 6.07. The van der Waals surface area contributed by atoms with Crippen molar-refractivity contribution in [3.63, 3.8) is 0 Å². The third-order valence-corrected chi connectivity index (χ3v) is 5.38. The van der Waals surface area contributed by atoms with Gasteiger partial charge in [0.15, 0.2) is 0 Å². The second-order valence-electron chi connectivity index (χ2n) is 7.49. The van der Waals surface area contributed by atoms with E-state index < -0.39 is 0 Å². The van der Waals surface area contributed by atoms with Crippen molar-refractivity contribution in [2.45, 2.75) is 0 Å². The molecular weight excluding hydrogens is 413 g/mol. The van der Waals surface area contributed by atoms with Gasteiger partial charge in [0.1, 0.15) is 11.4 Å². The molecule has 0 spiro atoms. The number of nitrogens with zero attached hydrogens (tertiary/aromatic N) is 4. The number of hydrogen-bond donors (Lipinski definition) is 1. The molecule has 1 N–H and O–H groups in total. The predicted octanol–water partition coefficient (Wildman–Crippen LogP) is 2.78. The zero-order chi connectivity index (χ0) is 22.7. The van der Waals surface area contributed by atoms with Crippen molar-refractivity contribution in [2.24, 2.45) is 7.05 Å². The zero-order valence-electron chi connectivity index (χ0n) is 17.9. The van der Waals surface area contributed by atoms with Crippen molar-refractivity contribution in [1.82, 2.24) is 14.7 Å². The summed E-state index contributed by atoms with van der Waals surface area (Å²) in [5, 5.41) is 6.85. The van der Waals surface area contributed by atoms with Gasteiger partial charge in [-0.15, -0.1) is 5.10 Å². The second-order valence-corrected chi connectivity index (χ2v) is 7.49. The Morgan fingerprint density at radius 1 is 1.03 bits per heavy atom. The van der Waals surface area contributed by atoms with E-state index in [4.69, 9.17) is 4.74 Å². The molecule has 0 radical (unpaired) electrons. The van der Waals surface area contributed by atoms with Gasteiger partial charge in [-0.1, -0.05) is 12.1 Å². The number of amides is 2. The summed E-state index contributed by atoms with van der Waals surface area (Å²) in [6.45, 7) is 2.14. The van der Waals surface area contributed by atoms with Gasteiger partial charge in [-0.05, 0) is 36.4 Å². The van der Waals surface area contributed by atoms with Gasteiger partial charge in [-0.3, -0.25) is 14.3 Å². The van der Waals surface area contributed by atoms with Crippen molar-refractivity contribution in [3.05, 3.63) is 71.7 Å². The molecule has 0 saturated carbocycles. The molecule has 3 aromatic rings. The van der Waals surface area contributed by atoms with Gasteiger partial charge in [-0.2, -0.15) is 0 Å². The molecule has 0 aliphatic carbocycles. The van der Waals surface area contributed by atoms with Crippen LogP contribution >= 0.6 is 0 Å². The number of rotatable bonds is 5. The Morgan fingerprint density at radius 2 is 1.72 bits per heavy atom. The number of ether oxygens (including phenoxy) is 1. The summed E-state index contributed by atoms with van der Waals surface area (Å²) < 4.78 is 20.6. The molecule has 0 bridgehead atoms. The number of nitrogens with one attached hydrogen (secondary N) is 1. The van der Waals surface area contributed by atoms with Gasteiger partial charge >= 0.3 is 0 Å². The molecule has 2 aromatic carbocycles. The number of methoxy groups -OCH3 is 1. The Labute approximate surface area is 185 Å². The summed E-state index contributed by atoms with van der Waals surface area (Å²) in [6, 6.07) is 13.4. The van der Waals surface area contributed by atoms with Crippen LogP contribution in [0.5, 0.6) is 5.88 Å². The average molecular weight is 437 g/mol. The van der Waals surface area contributed by atoms with Crippen molar-refractivity contribution < 1.29 is 18.7 Å². The minimum atomic E-state index is -0.349. The predicted molar refractivity (Wildman–Crippen MR) is 119 cm³/mol. The van der Waals surface area contributed by atoms with Crippen LogP contribution < -0.4 is 15.0 Å². The fourth-order valence-corrected chi connectivity index (χ4v) is 3.71. The summed E-state index contributed by atoms with van der Waals surface area (Å²) in [5.74, 6) is -0.455. The lowest BCUT2D eigenvalue weighted by atomic mass is 10.1. The van der Waals surface area contributed by atoms with E-state index in [2.05, 4.69) is 10.4 Å². The maximum atomic E-state index is 14.0. The smallest absolute Gasteiger partial charge is 0.262 e. The zero-order valence-corrected chi connectivity index (χ0v) is 17.9. The monoisotopic (exact) mass is 437 g/mol. The van der Waals surface area contributed by atoms with E-state index in [0.29, 0.717) is 48.7 Å². The number of aromatic nitrogens is 2. The van der Waals surface area contributed by atoms with E-state index in [-0.39, 0.29) is 23.5 Å². The van der Waals surface area contributed by atoms with E-state index in [0.717, 1.165) is 0 Å². The van der Waals surface area contributed by atoms with Crippen LogP contribution in [0.2, 0.25) is 0 Å². The number of para-hydroxylation sites is 1. The maximum Gasteiger partial charge on any atom is 0.262 e. The topological polar surface area (TPSA) is 79.7 Å². The average Bonchev–Trinajstić information content (AvgIpc) is 3.20. The summed E-state index contributed by atoms with van der Waals surface area (Å²) >= 11 is 0. The summed E-state index contributed by atoms with van der Waals surface area (Å²) in [7, 11) is 3.16. The number of carbonyl (C=O) groups is 2. The lowest BCUT2D eigenvalue weighted by Gasteiger charge is -2.36. The third kappa shape index (κ3) is 4.41. The molecule has 2 heterocycles. The molecule has 1 aliphatic rings. The van der Waals surface area contributed by atoms with E-state index >= 15 is 0 Å². The fourth-order valence-electron chi connectivity index (χ4n) is 3.71. The van der Waals surface area contributed by atoms with Gasteiger partial charge < -0.3 is 19.9 Å². The standard InChI is InChI=1S/C23H24FN5O3/c1-27-15-18(22(26-27)32-2)21(30)25-17-9-7-16(8-10-17)23(31)29-13-11-28(12-14-29)20-6-4-3-5-19(20)24/h3-10,15H,11-14H2,1-2H3,(H,25,30). The van der Waals surface area contributed by atoms with Crippen LogP contribution in [-0.2, 0) is 7.05 Å². The molecule has 9 heteroatoms. The number of aryl methyl sites for hydroxylation is 1. The molecule has 1 fully saturated rings. The molecule has 1 saturated heterocycles. The SMILES string of the molecule is COc1nn(C)cc1C(=O)Nc1ccc(C(=O)N2CCN(c3ccccc3F)CC2)cc1. The molecule has 4 rings (SSSR count). The van der Waals surface area contributed by atoms with Gasteiger partial charge in [0, 0.05) is 50.7 Å². The molecule has 1 aromatic heterocycles. The minimum absolute atomic E-state index is 0.0926. The highest BCUT2D eigenvalue weighted by Gasteiger charge is 2.24. The molecule has 0 unspecified atom stereocenters. The van der Waals surface area contributed by atoms with Crippen LogP contribution in [0.25, 0.3) is 0 Å². The number of anilines is 2. The summed E-state index contributed by atoms with van der Waals surface area (Å²) in [4.78, 5) is 29.1. The van der Waals surface area contributed by atoms with Crippen LogP contribution in [0, 0.1) is 5.82 Å². The highest BCUT2D eigenvalue weighted by atomic mass is 19.1. The fraction of sp³-hybridized carbons (Fsp3) is 0.261. The molecular formula is C23H24FN5O3. The van der Waals surface area contributed by atoms with Crippen LogP contribution in [0.4, 0.5) is 15.8 Å². The summed E-state index contributed by atoms with van der Waals surface area (Å²) in [5.41, 5.74) is 1.97. The second kappa shape index (κ2) is 9.09. The number of benzene rings is 2. The molecule has 0 atom stereocenters. The Morgan fingerprint density at radius 3 is 2.38 bits per heavy atom. The lowest BCUT2D eigenvalue weighted by Crippen LogP contribution is -2.49. The molecule has 2 amide bonds. The van der Waals surface area contributed by atoms with E-state index in [1.54, 1.807) is 60.6 Å². The van der Waals surface area contributed by atoms with Crippen LogP contribution in [-0.4, -0.2) is 59.8 Å². The Bertz CT molecular complexity index is 1120. The van der Waals surface area contributed by atoms with Gasteiger partial charge in [0.2, 0.25) is 5.88 Å². The van der Waals surface area contributed by atoms with E-state index in [1.165, 1.54) is 17.9 Å². The first-order valence-electron chi connectivity index (χ1n) is 10.2. The first-order valence-corrected chi connectivity index (χ1v) is 10.2. The molecule has 32 heavy (non-hydrogen) atoms. The van der Waals surface area contributed by atoms with E-state index in [1.807, 2.05) is 4.90 Å². The minimum Gasteiger partial charge on any atom is -0.479 e. The number of carbonyl (C=O) groups excluding carboxylic acids is 2. The molecule has 8 nitrogen and oxygen atoms in total. The third-order valence-electron chi connectivity index (χ3n) is 5.38. The van der Waals surface area contributed by atoms with Crippen LogP contribution in [0.3, 0.4) is 0 Å². The Hall–Kier alpha value is -3.88. The highest BCUT2D eigenvalue weighted by Crippen LogP contribution is 2.22. The van der Waals surface area contributed by atoms with Crippen LogP contribution in [0.15, 0.2) is 54.7 Å².